The summed E-state index contributed by atoms with van der Waals surface area (Å²) in [4.78, 5) is 0. The quantitative estimate of drug-likeness (QED) is 0.214. The standard InChI is InChI=1S/2Cu.3H2O4Te/c;;3*1-5(2,3)4/h;;3*(H2,1,2,3,4)/p-6. The van der Waals surface area contributed by atoms with Crippen molar-refractivity contribution in [3.8, 4) is 0 Å². The monoisotopic (exact) mass is 708 g/mol. The van der Waals surface area contributed by atoms with Crippen molar-refractivity contribution in [2.75, 3.05) is 0 Å². The van der Waals surface area contributed by atoms with E-state index in [0.717, 1.165) is 0 Å². The molecule has 0 aliphatic heterocycles. The maximum absolute atomic E-state index is 8.63. The topological polar surface area (TPSA) is 241 Å². The molecule has 0 saturated carbocycles. The second-order valence-corrected chi connectivity index (χ2v) is 8.22. The third-order valence-corrected chi connectivity index (χ3v) is 0. The van der Waals surface area contributed by atoms with Gasteiger partial charge in [0.25, 0.3) is 0 Å². The van der Waals surface area contributed by atoms with E-state index in [1.165, 1.54) is 0 Å². The van der Waals surface area contributed by atoms with Crippen molar-refractivity contribution in [2.45, 2.75) is 0 Å². The smallest absolute Gasteiger partial charge is 0 e. The molecule has 0 aromatic rings. The number of rotatable bonds is 0. The van der Waals surface area contributed by atoms with E-state index < -0.39 is 56.9 Å². The van der Waals surface area contributed by atoms with E-state index in [1.807, 2.05) is 0 Å². The van der Waals surface area contributed by atoms with Gasteiger partial charge in [-0.25, -0.2) is 0 Å². The van der Waals surface area contributed by atoms with Crippen LogP contribution in [-0.2, 0) is 52.8 Å². The predicted molar refractivity (Wildman–Crippen MR) is 21.4 cm³/mol. The van der Waals surface area contributed by atoms with Gasteiger partial charge >= 0.3 is 96.4 Å². The molecule has 17 heteroatoms. The van der Waals surface area contributed by atoms with Crippen LogP contribution in [0.4, 0.5) is 0 Å². The van der Waals surface area contributed by atoms with Gasteiger partial charge in [-0.2, -0.15) is 0 Å². The van der Waals surface area contributed by atoms with Crippen molar-refractivity contribution in [2.24, 2.45) is 0 Å². The Kier molecular flexibility index (Phi) is 24.0. The van der Waals surface area contributed by atoms with Crippen LogP contribution in [0.1, 0.15) is 0 Å². The maximum Gasteiger partial charge on any atom is 0 e. The molecule has 0 aromatic carbocycles. The van der Waals surface area contributed by atoms with Crippen LogP contribution in [0, 0.1) is 0 Å². The SMILES string of the molecule is O=[Te](=O)([O-])[O-].O=[Te](=O)([O-])[O-].O=[Te](=O)([O-])[O-].[Cu].[Cu]. The fraction of sp³-hybridized carbons (Fsp3) is 0. The Morgan fingerprint density at radius 2 is 0.412 bits per heavy atom. The van der Waals surface area contributed by atoms with Gasteiger partial charge in [0.05, 0.1) is 0 Å². The molecule has 0 unspecified atom stereocenters. The third kappa shape index (κ3) is 1180. The summed E-state index contributed by atoms with van der Waals surface area (Å²) in [5, 5.41) is 0. The van der Waals surface area contributed by atoms with Gasteiger partial charge in [-0.15, -0.1) is 0 Å². The third-order valence-electron chi connectivity index (χ3n) is 0. The van der Waals surface area contributed by atoms with Crippen molar-refractivity contribution in [1.29, 1.82) is 0 Å². The van der Waals surface area contributed by atoms with Gasteiger partial charge in [0.1, 0.15) is 0 Å². The predicted octanol–water partition coefficient (Wildman–Crippen LogP) is -8.99. The first-order valence-electron chi connectivity index (χ1n) is 2.00. The molecule has 2 radical (unpaired) electrons. The molecule has 118 valence electrons. The van der Waals surface area contributed by atoms with Crippen molar-refractivity contribution in [3.05, 3.63) is 0 Å². The van der Waals surface area contributed by atoms with E-state index in [-0.39, 0.29) is 34.1 Å². The second kappa shape index (κ2) is 13.0. The molecule has 0 rings (SSSR count). The van der Waals surface area contributed by atoms with Crippen LogP contribution < -0.4 is 20.8 Å². The van der Waals surface area contributed by atoms with Crippen LogP contribution in [0.5, 0.6) is 0 Å². The zero-order chi connectivity index (χ0) is 13.5. The molecule has 0 aliphatic carbocycles. The molecule has 0 bridgehead atoms. The molecule has 0 saturated heterocycles. The fourth-order valence-corrected chi connectivity index (χ4v) is 0. The summed E-state index contributed by atoms with van der Waals surface area (Å²) >= 11 is -18.1. The number of hydrogen-bond donors (Lipinski definition) is 0. The Hall–Kier alpha value is 1.97. The Morgan fingerprint density at radius 3 is 0.412 bits per heavy atom. The van der Waals surface area contributed by atoms with Gasteiger partial charge in [-0.1, -0.05) is 0 Å². The second-order valence-electron chi connectivity index (χ2n) is 1.22. The minimum absolute atomic E-state index is 0. The van der Waals surface area contributed by atoms with E-state index >= 15 is 0 Å². The van der Waals surface area contributed by atoms with E-state index in [0.29, 0.717) is 0 Å². The summed E-state index contributed by atoms with van der Waals surface area (Å²) in [7, 11) is 0. The van der Waals surface area contributed by atoms with E-state index in [2.05, 4.69) is 0 Å². The maximum atomic E-state index is 8.63. The van der Waals surface area contributed by atoms with Gasteiger partial charge < -0.3 is 0 Å². The van der Waals surface area contributed by atoms with Gasteiger partial charge in [-0.3, -0.25) is 0 Å². The molecule has 12 nitrogen and oxygen atoms in total. The Morgan fingerprint density at radius 1 is 0.412 bits per heavy atom. The summed E-state index contributed by atoms with van der Waals surface area (Å²) in [5.74, 6) is 0. The summed E-state index contributed by atoms with van der Waals surface area (Å²) in [5.41, 5.74) is 0. The summed E-state index contributed by atoms with van der Waals surface area (Å²) < 4.78 is 104. The van der Waals surface area contributed by atoms with Crippen LogP contribution in [0.25, 0.3) is 0 Å². The molecule has 0 spiro atoms. The fourth-order valence-electron chi connectivity index (χ4n) is 0. The Bertz CT molecular complexity index is 341. The number of hydrogen-bond acceptors (Lipinski definition) is 12. The largest absolute Gasteiger partial charge is 0 e. The van der Waals surface area contributed by atoms with Crippen molar-refractivity contribution in [3.63, 3.8) is 0 Å². The summed E-state index contributed by atoms with van der Waals surface area (Å²) in [6.07, 6.45) is 0. The first kappa shape index (κ1) is 31.4. The molecule has 0 N–H and O–H groups in total. The van der Waals surface area contributed by atoms with Gasteiger partial charge in [0, 0.05) is 34.1 Å². The van der Waals surface area contributed by atoms with Crippen molar-refractivity contribution < 1.29 is 73.6 Å². The van der Waals surface area contributed by atoms with Crippen LogP contribution >= 0.6 is 0 Å². The van der Waals surface area contributed by atoms with Gasteiger partial charge in [-0.05, 0) is 0 Å². The zero-order valence-corrected chi connectivity index (χ0v) is 15.6. The van der Waals surface area contributed by atoms with E-state index in [1.54, 1.807) is 0 Å². The van der Waals surface area contributed by atoms with Crippen molar-refractivity contribution >= 4 is 56.9 Å². The molecular formula is Cu2O12Te3-6. The first-order chi connectivity index (χ1) is 6.00. The summed E-state index contributed by atoms with van der Waals surface area (Å²) in [6.45, 7) is 0. The first-order valence-corrected chi connectivity index (χ1v) is 13.4. The van der Waals surface area contributed by atoms with Crippen LogP contribution in [0.2, 0.25) is 0 Å². The average Bonchev–Trinajstić information content (AvgIpc) is 1.41. The van der Waals surface area contributed by atoms with Crippen LogP contribution in [0.15, 0.2) is 0 Å². The Balaban J connectivity index is -0.0000000400. The molecule has 0 aromatic heterocycles. The molecule has 0 atom stereocenters. The normalized spacial score (nSPS) is 10.2. The van der Waals surface area contributed by atoms with Crippen molar-refractivity contribution in [1.82, 2.24) is 0 Å². The molecule has 0 fully saturated rings. The minimum atomic E-state index is -6.02. The molecule has 17 heavy (non-hydrogen) atoms. The van der Waals surface area contributed by atoms with E-state index in [4.69, 9.17) is 39.5 Å². The van der Waals surface area contributed by atoms with Gasteiger partial charge in [0.15, 0.2) is 0 Å². The molecule has 0 heterocycles. The van der Waals surface area contributed by atoms with Gasteiger partial charge in [0.2, 0.25) is 0 Å². The van der Waals surface area contributed by atoms with Crippen LogP contribution in [0.3, 0.4) is 0 Å². The average molecular weight is 702 g/mol. The van der Waals surface area contributed by atoms with E-state index in [9.17, 15) is 0 Å². The minimum Gasteiger partial charge on any atom is 0 e. The van der Waals surface area contributed by atoms with Crippen LogP contribution in [-0.4, -0.2) is 56.9 Å². The zero-order valence-electron chi connectivity index (χ0n) is 6.73. The molecular weight excluding hydrogens is 702 g/mol. The Labute approximate surface area is 129 Å². The molecule has 0 aliphatic rings. The molecule has 0 amide bonds. The summed E-state index contributed by atoms with van der Waals surface area (Å²) in [6, 6.07) is 0.